The van der Waals surface area contributed by atoms with Crippen molar-refractivity contribution in [3.8, 4) is 17.1 Å². The first-order valence-corrected chi connectivity index (χ1v) is 10.0. The van der Waals surface area contributed by atoms with E-state index in [1.165, 1.54) is 11.8 Å². The zero-order valence-electron chi connectivity index (χ0n) is 15.8. The van der Waals surface area contributed by atoms with Crippen LogP contribution in [-0.4, -0.2) is 30.9 Å². The van der Waals surface area contributed by atoms with Crippen LogP contribution in [0.4, 0.5) is 5.69 Å². The first-order valence-electron chi connectivity index (χ1n) is 9.16. The molecule has 2 aromatic heterocycles. The Balaban J connectivity index is 1.63. The first kappa shape index (κ1) is 18.9. The van der Waals surface area contributed by atoms with Crippen molar-refractivity contribution in [3.05, 3.63) is 85.2 Å². The number of rotatable bonds is 6. The van der Waals surface area contributed by atoms with E-state index in [-0.39, 0.29) is 11.2 Å². The van der Waals surface area contributed by atoms with Gasteiger partial charge in [-0.25, -0.2) is 0 Å². The predicted molar refractivity (Wildman–Crippen MR) is 115 cm³/mol. The number of carbonyl (C=O) groups is 1. The van der Waals surface area contributed by atoms with Gasteiger partial charge in [0.25, 0.3) is 0 Å². The molecule has 1 N–H and O–H groups in total. The zero-order valence-corrected chi connectivity index (χ0v) is 16.6. The van der Waals surface area contributed by atoms with Crippen LogP contribution in [0, 0.1) is 0 Å². The third-order valence-corrected chi connectivity index (χ3v) is 5.32. The number of pyridine rings is 1. The van der Waals surface area contributed by atoms with Crippen molar-refractivity contribution in [2.75, 3.05) is 5.32 Å². The van der Waals surface area contributed by atoms with E-state index >= 15 is 0 Å². The summed E-state index contributed by atoms with van der Waals surface area (Å²) < 4.78 is 1.96. The molecular weight excluding hydrogens is 382 g/mol. The molecule has 0 aliphatic heterocycles. The molecular formula is C22H19N5OS. The second kappa shape index (κ2) is 8.70. The zero-order chi connectivity index (χ0) is 20.1. The molecule has 2 aromatic carbocycles. The number of aromatic nitrogens is 4. The van der Waals surface area contributed by atoms with Gasteiger partial charge in [0.2, 0.25) is 5.91 Å². The van der Waals surface area contributed by atoms with Crippen LogP contribution in [0.1, 0.15) is 6.92 Å². The van der Waals surface area contributed by atoms with Crippen molar-refractivity contribution < 1.29 is 4.79 Å². The molecule has 0 saturated heterocycles. The van der Waals surface area contributed by atoms with Gasteiger partial charge < -0.3 is 5.32 Å². The minimum atomic E-state index is -0.354. The second-order valence-electron chi connectivity index (χ2n) is 6.33. The molecule has 7 heteroatoms. The van der Waals surface area contributed by atoms with Crippen LogP contribution in [0.15, 0.2) is 90.3 Å². The molecule has 0 bridgehead atoms. The third-order valence-electron chi connectivity index (χ3n) is 4.28. The van der Waals surface area contributed by atoms with Gasteiger partial charge in [-0.3, -0.25) is 14.3 Å². The van der Waals surface area contributed by atoms with Crippen LogP contribution in [0.25, 0.3) is 17.1 Å². The minimum Gasteiger partial charge on any atom is -0.325 e. The van der Waals surface area contributed by atoms with Crippen molar-refractivity contribution in [1.29, 1.82) is 0 Å². The molecule has 1 atom stereocenters. The normalized spacial score (nSPS) is 11.8. The summed E-state index contributed by atoms with van der Waals surface area (Å²) in [4.78, 5) is 16.7. The summed E-state index contributed by atoms with van der Waals surface area (Å²) in [5, 5.41) is 12.0. The van der Waals surface area contributed by atoms with Crippen molar-refractivity contribution in [3.63, 3.8) is 0 Å². The van der Waals surface area contributed by atoms with Crippen molar-refractivity contribution in [1.82, 2.24) is 19.7 Å². The van der Waals surface area contributed by atoms with Crippen molar-refractivity contribution >= 4 is 23.4 Å². The summed E-state index contributed by atoms with van der Waals surface area (Å²) in [6, 6.07) is 23.1. The number of anilines is 1. The lowest BCUT2D eigenvalue weighted by Crippen LogP contribution is -2.22. The number of amides is 1. The largest absolute Gasteiger partial charge is 0.325 e. The fourth-order valence-electron chi connectivity index (χ4n) is 2.82. The number of nitrogens with zero attached hydrogens (tertiary/aromatic N) is 4. The van der Waals surface area contributed by atoms with Crippen molar-refractivity contribution in [2.24, 2.45) is 0 Å². The van der Waals surface area contributed by atoms with E-state index in [0.29, 0.717) is 11.0 Å². The van der Waals surface area contributed by atoms with Crippen LogP contribution in [0.2, 0.25) is 0 Å². The number of thioether (sulfide) groups is 1. The fourth-order valence-corrected chi connectivity index (χ4v) is 3.69. The molecule has 0 spiro atoms. The molecule has 0 saturated carbocycles. The van der Waals surface area contributed by atoms with Crippen molar-refractivity contribution in [2.45, 2.75) is 17.3 Å². The molecule has 4 rings (SSSR count). The Morgan fingerprint density at radius 2 is 1.59 bits per heavy atom. The molecule has 0 fully saturated rings. The Bertz CT molecular complexity index is 1080. The average Bonchev–Trinajstić information content (AvgIpc) is 3.19. The number of hydrogen-bond acceptors (Lipinski definition) is 5. The van der Waals surface area contributed by atoms with Gasteiger partial charge in [-0.2, -0.15) is 0 Å². The standard InChI is InChI=1S/C22H19N5OS/c1-16(21(28)24-18-8-4-2-5-9-18)29-22-26-25-20(17-12-14-23-15-13-17)27(22)19-10-6-3-7-11-19/h2-16H,1H3,(H,24,28). The van der Waals surface area contributed by atoms with E-state index in [1.54, 1.807) is 12.4 Å². The summed E-state index contributed by atoms with van der Waals surface area (Å²) in [7, 11) is 0. The smallest absolute Gasteiger partial charge is 0.237 e. The van der Waals surface area contributed by atoms with Gasteiger partial charge in [-0.05, 0) is 43.3 Å². The second-order valence-corrected chi connectivity index (χ2v) is 7.64. The maximum Gasteiger partial charge on any atom is 0.237 e. The minimum absolute atomic E-state index is 0.0886. The van der Waals surface area contributed by atoms with Crippen LogP contribution >= 0.6 is 11.8 Å². The quantitative estimate of drug-likeness (QED) is 0.483. The van der Waals surface area contributed by atoms with Crippen LogP contribution < -0.4 is 5.32 Å². The summed E-state index contributed by atoms with van der Waals surface area (Å²) in [5.41, 5.74) is 2.61. The molecule has 4 aromatic rings. The van der Waals surface area contributed by atoms with E-state index in [1.807, 2.05) is 84.3 Å². The Hall–Kier alpha value is -3.45. The Labute approximate surface area is 173 Å². The molecule has 6 nitrogen and oxygen atoms in total. The SMILES string of the molecule is CC(Sc1nnc(-c2ccncc2)n1-c1ccccc1)C(=O)Nc1ccccc1. The molecule has 0 aliphatic carbocycles. The number of benzene rings is 2. The maximum absolute atomic E-state index is 12.6. The number of carbonyl (C=O) groups excluding carboxylic acids is 1. The highest BCUT2D eigenvalue weighted by atomic mass is 32.2. The van der Waals surface area contributed by atoms with Gasteiger partial charge in [0.1, 0.15) is 0 Å². The van der Waals surface area contributed by atoms with Crippen LogP contribution in [-0.2, 0) is 4.79 Å². The lowest BCUT2D eigenvalue weighted by Gasteiger charge is -2.14. The Kier molecular flexibility index (Phi) is 5.67. The van der Waals surface area contributed by atoms with Gasteiger partial charge in [0.15, 0.2) is 11.0 Å². The van der Waals surface area contributed by atoms with Crippen LogP contribution in [0.3, 0.4) is 0 Å². The molecule has 29 heavy (non-hydrogen) atoms. The summed E-state index contributed by atoms with van der Waals surface area (Å²) in [6.07, 6.45) is 3.45. The average molecular weight is 401 g/mol. The first-order chi connectivity index (χ1) is 14.2. The number of nitrogens with one attached hydrogen (secondary N) is 1. The van der Waals surface area contributed by atoms with Gasteiger partial charge >= 0.3 is 0 Å². The van der Waals surface area contributed by atoms with E-state index < -0.39 is 0 Å². The molecule has 144 valence electrons. The topological polar surface area (TPSA) is 72.7 Å². The molecule has 2 heterocycles. The molecule has 1 amide bonds. The number of para-hydroxylation sites is 2. The Morgan fingerprint density at radius 1 is 0.931 bits per heavy atom. The molecule has 1 unspecified atom stereocenters. The lowest BCUT2D eigenvalue weighted by molar-refractivity contribution is -0.115. The van der Waals surface area contributed by atoms with Gasteiger partial charge in [0, 0.05) is 29.3 Å². The molecule has 0 aliphatic rings. The fraction of sp³-hybridized carbons (Fsp3) is 0.0909. The summed E-state index contributed by atoms with van der Waals surface area (Å²) in [5.74, 6) is 0.617. The lowest BCUT2D eigenvalue weighted by atomic mass is 10.2. The van der Waals surface area contributed by atoms with Gasteiger partial charge in [0.05, 0.1) is 5.25 Å². The highest BCUT2D eigenvalue weighted by molar-refractivity contribution is 8.00. The van der Waals surface area contributed by atoms with E-state index in [2.05, 4.69) is 20.5 Å². The van der Waals surface area contributed by atoms with Gasteiger partial charge in [-0.15, -0.1) is 10.2 Å². The van der Waals surface area contributed by atoms with E-state index in [9.17, 15) is 4.79 Å². The van der Waals surface area contributed by atoms with Crippen LogP contribution in [0.5, 0.6) is 0 Å². The predicted octanol–water partition coefficient (Wildman–Crippen LogP) is 4.45. The Morgan fingerprint density at radius 3 is 2.28 bits per heavy atom. The number of hydrogen-bond donors (Lipinski definition) is 1. The maximum atomic E-state index is 12.6. The summed E-state index contributed by atoms with van der Waals surface area (Å²) in [6.45, 7) is 1.86. The van der Waals surface area contributed by atoms with Gasteiger partial charge in [-0.1, -0.05) is 48.2 Å². The van der Waals surface area contributed by atoms with E-state index in [0.717, 1.165) is 16.9 Å². The third kappa shape index (κ3) is 4.35. The highest BCUT2D eigenvalue weighted by Gasteiger charge is 2.22. The highest BCUT2D eigenvalue weighted by Crippen LogP contribution is 2.30. The van der Waals surface area contributed by atoms with E-state index in [4.69, 9.17) is 0 Å². The molecule has 0 radical (unpaired) electrons. The summed E-state index contributed by atoms with van der Waals surface area (Å²) >= 11 is 1.37. The monoisotopic (exact) mass is 401 g/mol.